The van der Waals surface area contributed by atoms with Gasteiger partial charge in [-0.25, -0.2) is 8.42 Å². The van der Waals surface area contributed by atoms with Crippen molar-refractivity contribution in [3.63, 3.8) is 0 Å². The second-order valence-electron chi connectivity index (χ2n) is 6.32. The third-order valence-electron chi connectivity index (χ3n) is 3.27. The molecule has 1 aromatic carbocycles. The van der Waals surface area contributed by atoms with Crippen LogP contribution >= 0.6 is 11.3 Å². The summed E-state index contributed by atoms with van der Waals surface area (Å²) in [5, 5.41) is 1.88. The first-order chi connectivity index (χ1) is 10.1. The summed E-state index contributed by atoms with van der Waals surface area (Å²) in [6, 6.07) is 7.98. The van der Waals surface area contributed by atoms with Crippen LogP contribution in [0.2, 0.25) is 0 Å². The maximum atomic E-state index is 12.2. The molecule has 1 aromatic heterocycles. The van der Waals surface area contributed by atoms with Gasteiger partial charge in [-0.15, -0.1) is 11.3 Å². The molecule has 0 aliphatic heterocycles. The number of rotatable bonds is 5. The molecular formula is C16H23NO3S2. The van der Waals surface area contributed by atoms with Crippen molar-refractivity contribution in [1.29, 1.82) is 0 Å². The minimum atomic E-state index is -3.34. The number of fused-ring (bicyclic) bond motifs is 1. The Kier molecular flexibility index (Phi) is 4.84. The Labute approximate surface area is 136 Å². The Hall–Kier alpha value is -1.11. The summed E-state index contributed by atoms with van der Waals surface area (Å²) >= 11 is 1.51. The van der Waals surface area contributed by atoms with Crippen molar-refractivity contribution in [3.8, 4) is 0 Å². The Morgan fingerprint density at radius 2 is 1.86 bits per heavy atom. The molecule has 0 aliphatic carbocycles. The number of thiophene rings is 1. The Morgan fingerprint density at radius 1 is 1.23 bits per heavy atom. The van der Waals surface area contributed by atoms with Gasteiger partial charge in [0, 0.05) is 4.70 Å². The van der Waals surface area contributed by atoms with E-state index in [1.807, 2.05) is 52.0 Å². The van der Waals surface area contributed by atoms with Crippen molar-refractivity contribution in [3.05, 3.63) is 29.8 Å². The molecule has 122 valence electrons. The molecule has 0 radical (unpaired) electrons. The van der Waals surface area contributed by atoms with E-state index in [0.717, 1.165) is 20.7 Å². The van der Waals surface area contributed by atoms with Gasteiger partial charge >= 0.3 is 0 Å². The van der Waals surface area contributed by atoms with Crippen LogP contribution in [-0.4, -0.2) is 33.4 Å². The van der Waals surface area contributed by atoms with E-state index in [4.69, 9.17) is 4.74 Å². The molecule has 0 aliphatic rings. The molecule has 1 heterocycles. The summed E-state index contributed by atoms with van der Waals surface area (Å²) in [5.41, 5.74) is 0.722. The summed E-state index contributed by atoms with van der Waals surface area (Å²) in [5.74, 6) is 0. The Morgan fingerprint density at radius 3 is 2.41 bits per heavy atom. The van der Waals surface area contributed by atoms with Gasteiger partial charge in [0.2, 0.25) is 10.0 Å². The highest BCUT2D eigenvalue weighted by molar-refractivity contribution is 7.92. The molecule has 0 saturated carbocycles. The molecule has 0 N–H and O–H groups in total. The molecule has 0 unspecified atom stereocenters. The average molecular weight is 341 g/mol. The van der Waals surface area contributed by atoms with Crippen LogP contribution in [0.3, 0.4) is 0 Å². The van der Waals surface area contributed by atoms with Gasteiger partial charge < -0.3 is 4.74 Å². The molecule has 2 aromatic rings. The van der Waals surface area contributed by atoms with Crippen LogP contribution in [0, 0.1) is 6.92 Å². The smallest absolute Gasteiger partial charge is 0.232 e. The number of benzene rings is 1. The van der Waals surface area contributed by atoms with Crippen molar-refractivity contribution < 1.29 is 13.2 Å². The molecule has 0 atom stereocenters. The molecule has 22 heavy (non-hydrogen) atoms. The predicted octanol–water partition coefficient (Wildman–Crippen LogP) is 3.79. The molecule has 0 amide bonds. The van der Waals surface area contributed by atoms with Crippen LogP contribution in [0.5, 0.6) is 0 Å². The van der Waals surface area contributed by atoms with Gasteiger partial charge in [0.05, 0.1) is 25.0 Å². The fraction of sp³-hybridized carbons (Fsp3) is 0.500. The first-order valence-corrected chi connectivity index (χ1v) is 9.86. The van der Waals surface area contributed by atoms with Crippen LogP contribution in [0.25, 0.3) is 10.1 Å². The lowest BCUT2D eigenvalue weighted by molar-refractivity contribution is 0.00235. The Bertz CT molecular complexity index is 757. The third-order valence-corrected chi connectivity index (χ3v) is 5.85. The number of ether oxygens (including phenoxy) is 1. The van der Waals surface area contributed by atoms with Gasteiger partial charge in [0.25, 0.3) is 0 Å². The normalized spacial score (nSPS) is 12.8. The number of hydrogen-bond acceptors (Lipinski definition) is 4. The van der Waals surface area contributed by atoms with Crippen molar-refractivity contribution >= 4 is 36.4 Å². The van der Waals surface area contributed by atoms with E-state index in [1.165, 1.54) is 21.9 Å². The lowest BCUT2D eigenvalue weighted by atomic mass is 10.2. The maximum absolute atomic E-state index is 12.2. The first kappa shape index (κ1) is 17.2. The van der Waals surface area contributed by atoms with Crippen LogP contribution in [0.4, 0.5) is 5.00 Å². The zero-order valence-corrected chi connectivity index (χ0v) is 15.3. The molecule has 0 spiro atoms. The fourth-order valence-electron chi connectivity index (χ4n) is 2.25. The maximum Gasteiger partial charge on any atom is 0.232 e. The standard InChI is InChI=1S/C16H23NO3S2/c1-12-13-8-6-7-9-14(13)21-15(12)17(22(5,18)19)10-11-20-16(2,3)4/h6-9H,10-11H2,1-5H3. The highest BCUT2D eigenvalue weighted by atomic mass is 32.2. The number of nitrogens with zero attached hydrogens (tertiary/aromatic N) is 1. The van der Waals surface area contributed by atoms with Crippen molar-refractivity contribution in [2.75, 3.05) is 23.7 Å². The van der Waals surface area contributed by atoms with E-state index in [0.29, 0.717) is 13.2 Å². The van der Waals surface area contributed by atoms with Gasteiger partial charge in [-0.05, 0) is 44.7 Å². The number of sulfonamides is 1. The van der Waals surface area contributed by atoms with Crippen molar-refractivity contribution in [2.24, 2.45) is 0 Å². The zero-order chi connectivity index (χ0) is 16.5. The lowest BCUT2D eigenvalue weighted by Gasteiger charge is -2.25. The highest BCUT2D eigenvalue weighted by Crippen LogP contribution is 2.38. The van der Waals surface area contributed by atoms with E-state index in [-0.39, 0.29) is 5.60 Å². The molecule has 2 rings (SSSR count). The van der Waals surface area contributed by atoms with E-state index in [1.54, 1.807) is 0 Å². The van der Waals surface area contributed by atoms with Gasteiger partial charge in [-0.3, -0.25) is 4.31 Å². The molecule has 0 bridgehead atoms. The average Bonchev–Trinajstić information content (AvgIpc) is 2.70. The second-order valence-corrected chi connectivity index (χ2v) is 9.26. The van der Waals surface area contributed by atoms with Gasteiger partial charge in [0.1, 0.15) is 5.00 Å². The quantitative estimate of drug-likeness (QED) is 0.831. The van der Waals surface area contributed by atoms with Crippen LogP contribution < -0.4 is 4.31 Å². The number of aryl methyl sites for hydroxylation is 1. The summed E-state index contributed by atoms with van der Waals surface area (Å²) in [6.07, 6.45) is 1.24. The summed E-state index contributed by atoms with van der Waals surface area (Å²) < 4.78 is 32.6. The molecule has 6 heteroatoms. The van der Waals surface area contributed by atoms with E-state index < -0.39 is 10.0 Å². The van der Waals surface area contributed by atoms with Crippen LogP contribution in [0.15, 0.2) is 24.3 Å². The third kappa shape index (κ3) is 4.00. The lowest BCUT2D eigenvalue weighted by Crippen LogP contribution is -2.35. The van der Waals surface area contributed by atoms with Crippen molar-refractivity contribution in [1.82, 2.24) is 0 Å². The topological polar surface area (TPSA) is 46.6 Å². The minimum Gasteiger partial charge on any atom is -0.374 e. The van der Waals surface area contributed by atoms with E-state index >= 15 is 0 Å². The van der Waals surface area contributed by atoms with Gasteiger partial charge in [-0.1, -0.05) is 18.2 Å². The predicted molar refractivity (Wildman–Crippen MR) is 94.5 cm³/mol. The SMILES string of the molecule is Cc1c(N(CCOC(C)(C)C)S(C)(=O)=O)sc2ccccc12. The van der Waals surface area contributed by atoms with Crippen LogP contribution in [0.1, 0.15) is 26.3 Å². The van der Waals surface area contributed by atoms with E-state index in [9.17, 15) is 8.42 Å². The number of anilines is 1. The van der Waals surface area contributed by atoms with Gasteiger partial charge in [0.15, 0.2) is 0 Å². The first-order valence-electron chi connectivity index (χ1n) is 7.19. The molecule has 4 nitrogen and oxygen atoms in total. The van der Waals surface area contributed by atoms with Crippen molar-refractivity contribution in [2.45, 2.75) is 33.3 Å². The molecule has 0 saturated heterocycles. The largest absolute Gasteiger partial charge is 0.374 e. The fourth-order valence-corrected chi connectivity index (χ4v) is 4.76. The number of hydrogen-bond donors (Lipinski definition) is 0. The van der Waals surface area contributed by atoms with Gasteiger partial charge in [-0.2, -0.15) is 0 Å². The molecular weight excluding hydrogens is 318 g/mol. The molecule has 0 fully saturated rings. The highest BCUT2D eigenvalue weighted by Gasteiger charge is 2.23. The summed E-state index contributed by atoms with van der Waals surface area (Å²) in [7, 11) is -3.34. The minimum absolute atomic E-state index is 0.279. The monoisotopic (exact) mass is 341 g/mol. The Balaban J connectivity index is 2.34. The summed E-state index contributed by atoms with van der Waals surface area (Å²) in [6.45, 7) is 8.54. The van der Waals surface area contributed by atoms with Crippen LogP contribution in [-0.2, 0) is 14.8 Å². The van der Waals surface area contributed by atoms with E-state index in [2.05, 4.69) is 0 Å². The zero-order valence-electron chi connectivity index (χ0n) is 13.7. The second kappa shape index (κ2) is 6.18. The summed E-state index contributed by atoms with van der Waals surface area (Å²) in [4.78, 5) is 0.